The number of carbonyl (C=O) groups excluding carboxylic acids is 1. The average Bonchev–Trinajstić information content (AvgIpc) is 3.21. The lowest BCUT2D eigenvalue weighted by atomic mass is 9.98. The number of rotatable bonds is 7. The lowest BCUT2D eigenvalue weighted by Crippen LogP contribution is -2.39. The number of hydrogen-bond donors (Lipinski definition) is 2. The first kappa shape index (κ1) is 25.2. The molecule has 1 unspecified atom stereocenters. The second-order valence-corrected chi connectivity index (χ2v) is 11.0. The van der Waals surface area contributed by atoms with Crippen LogP contribution >= 0.6 is 11.6 Å². The molecule has 1 aliphatic heterocycles. The highest BCUT2D eigenvalue weighted by Gasteiger charge is 2.32. The molecule has 0 aliphatic carbocycles. The zero-order valence-corrected chi connectivity index (χ0v) is 21.5. The van der Waals surface area contributed by atoms with Crippen molar-refractivity contribution in [3.05, 3.63) is 52.3 Å². The van der Waals surface area contributed by atoms with Crippen molar-refractivity contribution in [2.45, 2.75) is 32.2 Å². The Hall–Kier alpha value is -2.89. The molecule has 188 valence electrons. The number of nitrogens with one attached hydrogen (secondary N) is 1. The van der Waals surface area contributed by atoms with Gasteiger partial charge >= 0.3 is 0 Å². The molecule has 1 amide bonds. The van der Waals surface area contributed by atoms with Crippen molar-refractivity contribution in [3.8, 4) is 0 Å². The molecule has 1 aliphatic rings. The quantitative estimate of drug-likeness (QED) is 0.491. The number of aryl methyl sites for hydroxylation is 1. The van der Waals surface area contributed by atoms with Gasteiger partial charge in [0.25, 0.3) is 5.91 Å². The molecular formula is C23H29ClN6O4S. The summed E-state index contributed by atoms with van der Waals surface area (Å²) in [7, 11) is -1.72. The van der Waals surface area contributed by atoms with Gasteiger partial charge in [-0.2, -0.15) is 5.10 Å². The van der Waals surface area contributed by atoms with Gasteiger partial charge in [0, 0.05) is 43.0 Å². The van der Waals surface area contributed by atoms with E-state index in [0.29, 0.717) is 29.5 Å². The van der Waals surface area contributed by atoms with Crippen LogP contribution in [0.15, 0.2) is 30.5 Å². The van der Waals surface area contributed by atoms with Crippen molar-refractivity contribution in [1.82, 2.24) is 19.5 Å². The number of aliphatic hydroxyl groups excluding tert-OH is 1. The summed E-state index contributed by atoms with van der Waals surface area (Å²) in [6, 6.07) is 6.11. The van der Waals surface area contributed by atoms with Crippen LogP contribution in [0.4, 0.5) is 11.5 Å². The number of likely N-dealkylation sites (N-methyl/N-ethyl adjacent to an activating group) is 1. The first-order valence-electron chi connectivity index (χ1n) is 11.3. The van der Waals surface area contributed by atoms with Crippen LogP contribution in [-0.4, -0.2) is 71.9 Å². The number of aromatic nitrogens is 3. The molecule has 0 radical (unpaired) electrons. The van der Waals surface area contributed by atoms with Crippen molar-refractivity contribution in [2.24, 2.45) is 0 Å². The third-order valence-corrected chi connectivity index (χ3v) is 6.86. The third-order valence-electron chi connectivity index (χ3n) is 6.03. The van der Waals surface area contributed by atoms with Crippen molar-refractivity contribution < 1.29 is 18.3 Å². The summed E-state index contributed by atoms with van der Waals surface area (Å²) < 4.78 is 27.8. The summed E-state index contributed by atoms with van der Waals surface area (Å²) in [5.41, 5.74) is 2.66. The summed E-state index contributed by atoms with van der Waals surface area (Å²) >= 11 is 6.16. The van der Waals surface area contributed by atoms with Gasteiger partial charge in [0.1, 0.15) is 5.82 Å². The average molecular weight is 521 g/mol. The molecule has 1 saturated heterocycles. The second-order valence-electron chi connectivity index (χ2n) is 8.84. The van der Waals surface area contributed by atoms with Crippen LogP contribution in [0.1, 0.15) is 46.9 Å². The molecular weight excluding hydrogens is 492 g/mol. The number of amides is 1. The zero-order chi connectivity index (χ0) is 25.3. The topological polar surface area (TPSA) is 120 Å². The second kappa shape index (κ2) is 10.00. The Kier molecular flexibility index (Phi) is 7.20. The summed E-state index contributed by atoms with van der Waals surface area (Å²) in [5.74, 6) is 0.443. The molecule has 1 atom stereocenters. The minimum Gasteiger partial charge on any atom is -0.395 e. The summed E-state index contributed by atoms with van der Waals surface area (Å²) in [6.45, 7) is 2.92. The Bertz CT molecular complexity index is 1360. The third kappa shape index (κ3) is 5.52. The Morgan fingerprint density at radius 3 is 2.80 bits per heavy atom. The number of fused-ring (bicyclic) bond motifs is 1. The van der Waals surface area contributed by atoms with E-state index in [1.54, 1.807) is 15.5 Å². The maximum absolute atomic E-state index is 13.7. The predicted octanol–water partition coefficient (Wildman–Crippen LogP) is 2.86. The predicted molar refractivity (Wildman–Crippen MR) is 136 cm³/mol. The normalized spacial score (nSPS) is 16.5. The van der Waals surface area contributed by atoms with Gasteiger partial charge in [-0.1, -0.05) is 11.6 Å². The molecule has 3 aromatic rings. The van der Waals surface area contributed by atoms with Crippen molar-refractivity contribution in [3.63, 3.8) is 0 Å². The Morgan fingerprint density at radius 2 is 2.09 bits per heavy atom. The molecule has 1 fully saturated rings. The summed E-state index contributed by atoms with van der Waals surface area (Å²) in [6.07, 6.45) is 5.41. The van der Waals surface area contributed by atoms with E-state index < -0.39 is 10.0 Å². The highest BCUT2D eigenvalue weighted by molar-refractivity contribution is 7.92. The molecule has 2 aromatic heterocycles. The number of halogens is 1. The molecule has 3 heterocycles. The lowest BCUT2D eigenvalue weighted by molar-refractivity contribution is 0.0607. The Morgan fingerprint density at radius 1 is 1.31 bits per heavy atom. The van der Waals surface area contributed by atoms with Crippen LogP contribution in [0.3, 0.4) is 0 Å². The van der Waals surface area contributed by atoms with Crippen LogP contribution in [-0.2, 0) is 10.0 Å². The van der Waals surface area contributed by atoms with Crippen LogP contribution in [0.2, 0.25) is 5.02 Å². The van der Waals surface area contributed by atoms with E-state index >= 15 is 0 Å². The number of aliphatic hydroxyl groups is 1. The zero-order valence-electron chi connectivity index (χ0n) is 19.9. The van der Waals surface area contributed by atoms with Gasteiger partial charge < -0.3 is 14.9 Å². The molecule has 1 aromatic carbocycles. The van der Waals surface area contributed by atoms with E-state index in [1.165, 1.54) is 12.1 Å². The van der Waals surface area contributed by atoms with E-state index in [4.69, 9.17) is 21.7 Å². The van der Waals surface area contributed by atoms with Crippen LogP contribution in [0, 0.1) is 6.92 Å². The van der Waals surface area contributed by atoms with E-state index in [0.717, 1.165) is 36.9 Å². The number of hydrogen-bond acceptors (Lipinski definition) is 7. The first-order chi connectivity index (χ1) is 16.6. The summed E-state index contributed by atoms with van der Waals surface area (Å²) in [4.78, 5) is 22.0. The number of piperidine rings is 1. The fraction of sp³-hybridized carbons (Fsp3) is 0.435. The standard InChI is InChI=1S/C23H29ClN6O4S/c1-15-14-30-21(25-22(15)28(2)10-11-31)13-19(26-30)20-6-4-5-9-29(20)23(32)17-12-16(24)7-8-18(17)27-35(3,33)34/h7-8,12-14,20,27,31H,4-6,9-11H2,1-3H3. The molecule has 0 saturated carbocycles. The van der Waals surface area contributed by atoms with Gasteiger partial charge in [-0.05, 0) is 44.4 Å². The monoisotopic (exact) mass is 520 g/mol. The number of carbonyl (C=O) groups is 1. The number of nitrogens with zero attached hydrogens (tertiary/aromatic N) is 5. The lowest BCUT2D eigenvalue weighted by Gasteiger charge is -2.35. The maximum atomic E-state index is 13.7. The molecule has 35 heavy (non-hydrogen) atoms. The van der Waals surface area contributed by atoms with E-state index in [1.807, 2.05) is 31.1 Å². The van der Waals surface area contributed by atoms with Gasteiger partial charge in [-0.25, -0.2) is 17.9 Å². The van der Waals surface area contributed by atoms with Crippen molar-refractivity contribution >= 4 is 44.7 Å². The first-order valence-corrected chi connectivity index (χ1v) is 13.6. The molecule has 12 heteroatoms. The van der Waals surface area contributed by atoms with Gasteiger partial charge in [0.15, 0.2) is 5.65 Å². The van der Waals surface area contributed by atoms with Gasteiger partial charge in [-0.15, -0.1) is 0 Å². The fourth-order valence-corrected chi connectivity index (χ4v) is 5.19. The van der Waals surface area contributed by atoms with Crippen molar-refractivity contribution in [2.75, 3.05) is 42.6 Å². The number of likely N-dealkylation sites (tertiary alicyclic amines) is 1. The Balaban J connectivity index is 1.71. The molecule has 4 rings (SSSR count). The largest absolute Gasteiger partial charge is 0.395 e. The van der Waals surface area contributed by atoms with Crippen LogP contribution in [0.5, 0.6) is 0 Å². The fourth-order valence-electron chi connectivity index (χ4n) is 4.44. The molecule has 0 spiro atoms. The number of anilines is 2. The minimum absolute atomic E-state index is 0.0200. The van der Waals surface area contributed by atoms with Gasteiger partial charge in [-0.3, -0.25) is 9.52 Å². The number of benzene rings is 1. The SMILES string of the molecule is Cc1cn2nc(C3CCCCN3C(=O)c3cc(Cl)ccc3NS(C)(=O)=O)cc2nc1N(C)CCO. The van der Waals surface area contributed by atoms with Crippen molar-refractivity contribution in [1.29, 1.82) is 0 Å². The van der Waals surface area contributed by atoms with Gasteiger partial charge in [0.2, 0.25) is 10.0 Å². The van der Waals surface area contributed by atoms with Crippen LogP contribution in [0.25, 0.3) is 5.65 Å². The summed E-state index contributed by atoms with van der Waals surface area (Å²) in [5, 5.41) is 14.3. The van der Waals surface area contributed by atoms with Gasteiger partial charge in [0.05, 0.1) is 35.8 Å². The smallest absolute Gasteiger partial charge is 0.256 e. The highest BCUT2D eigenvalue weighted by atomic mass is 35.5. The number of sulfonamides is 1. The molecule has 2 N–H and O–H groups in total. The minimum atomic E-state index is -3.59. The molecule has 0 bridgehead atoms. The van der Waals surface area contributed by atoms with E-state index in [9.17, 15) is 18.3 Å². The van der Waals surface area contributed by atoms with E-state index in [2.05, 4.69) is 4.72 Å². The molecule has 10 nitrogen and oxygen atoms in total. The maximum Gasteiger partial charge on any atom is 0.256 e. The Labute approximate surface area is 209 Å². The van der Waals surface area contributed by atoms with Crippen LogP contribution < -0.4 is 9.62 Å². The highest BCUT2D eigenvalue weighted by Crippen LogP contribution is 2.34. The van der Waals surface area contributed by atoms with E-state index in [-0.39, 0.29) is 29.8 Å².